The van der Waals surface area contributed by atoms with E-state index >= 15 is 0 Å². The average Bonchev–Trinajstić information content (AvgIpc) is 2.25. The number of hydrogen-bond donors (Lipinski definition) is 2. The third-order valence-corrected chi connectivity index (χ3v) is 4.99. The molecule has 0 aliphatic rings. The number of hydrogen-bond acceptors (Lipinski definition) is 5. The summed E-state index contributed by atoms with van der Waals surface area (Å²) in [5, 5.41) is 12.6. The van der Waals surface area contributed by atoms with Crippen LogP contribution >= 0.6 is 18.9 Å². The summed E-state index contributed by atoms with van der Waals surface area (Å²) in [6, 6.07) is 0. The highest BCUT2D eigenvalue weighted by molar-refractivity contribution is 8.09. The van der Waals surface area contributed by atoms with Crippen LogP contribution in [-0.2, 0) is 20.9 Å². The van der Waals surface area contributed by atoms with Gasteiger partial charge in [0, 0.05) is 27.3 Å². The number of aliphatic hydroxyl groups is 1. The number of aliphatic hydroxyl groups excluding tert-OH is 1. The quantitative estimate of drug-likeness (QED) is 0.560. The molecule has 0 aliphatic heterocycles. The first-order valence-corrected chi connectivity index (χ1v) is 7.90. The lowest BCUT2D eigenvalue weighted by Crippen LogP contribution is -2.42. The minimum absolute atomic E-state index is 0.440. The minimum Gasteiger partial charge on any atom is -0.392 e. The maximum atomic E-state index is 9.31. The van der Waals surface area contributed by atoms with E-state index in [1.54, 1.807) is 11.8 Å². The van der Waals surface area contributed by atoms with Crippen molar-refractivity contribution in [3.8, 4) is 0 Å². The average molecular weight is 286 g/mol. The van der Waals surface area contributed by atoms with Crippen LogP contribution in [0.2, 0.25) is 0 Å². The van der Waals surface area contributed by atoms with Crippen LogP contribution in [0.5, 0.6) is 0 Å². The van der Waals surface area contributed by atoms with E-state index in [4.69, 9.17) is 33.1 Å². The van der Waals surface area contributed by atoms with Crippen molar-refractivity contribution in [3.05, 3.63) is 0 Å². The summed E-state index contributed by atoms with van der Waals surface area (Å²) in [5.41, 5.74) is 0. The van der Waals surface area contributed by atoms with Gasteiger partial charge in [-0.15, -0.1) is 0 Å². The lowest BCUT2D eigenvalue weighted by Gasteiger charge is -2.28. The molecule has 0 heterocycles. The summed E-state index contributed by atoms with van der Waals surface area (Å²) in [5.74, 6) is 0. The van der Waals surface area contributed by atoms with Crippen molar-refractivity contribution in [1.82, 2.24) is 9.99 Å². The monoisotopic (exact) mass is 286 g/mol. The van der Waals surface area contributed by atoms with Crippen LogP contribution in [0.1, 0.15) is 13.8 Å². The van der Waals surface area contributed by atoms with Gasteiger partial charge in [0.25, 0.3) is 6.64 Å². The van der Waals surface area contributed by atoms with Crippen LogP contribution in [0.3, 0.4) is 0 Å². The zero-order valence-corrected chi connectivity index (χ0v) is 12.5. The zero-order chi connectivity index (χ0) is 12.8. The number of nitrogens with zero attached hydrogens (tertiary/aromatic N) is 1. The van der Waals surface area contributed by atoms with Gasteiger partial charge >= 0.3 is 0 Å². The summed E-state index contributed by atoms with van der Waals surface area (Å²) in [7, 11) is 2.95. The molecule has 0 aliphatic carbocycles. The largest absolute Gasteiger partial charge is 0.392 e. The molecule has 5 nitrogen and oxygen atoms in total. The van der Waals surface area contributed by atoms with Crippen molar-refractivity contribution < 1.29 is 14.2 Å². The van der Waals surface area contributed by atoms with E-state index in [-0.39, 0.29) is 0 Å². The molecule has 0 radical (unpaired) electrons. The molecule has 1 atom stereocenters. The van der Waals surface area contributed by atoms with Gasteiger partial charge in [0.1, 0.15) is 0 Å². The van der Waals surface area contributed by atoms with Gasteiger partial charge in [0.2, 0.25) is 0 Å². The maximum absolute atomic E-state index is 9.31. The lowest BCUT2D eigenvalue weighted by molar-refractivity contribution is 0.161. The van der Waals surface area contributed by atoms with Gasteiger partial charge in [-0.05, 0) is 37.9 Å². The second kappa shape index (κ2) is 7.53. The molecule has 8 heteroatoms. The summed E-state index contributed by atoms with van der Waals surface area (Å²) in [6.07, 6.45) is -0.456. The Morgan fingerprint density at radius 2 is 2.00 bits per heavy atom. The molecular weight excluding hydrogens is 267 g/mol. The van der Waals surface area contributed by atoms with Gasteiger partial charge in [-0.1, -0.05) is 0 Å². The predicted molar refractivity (Wildman–Crippen MR) is 73.0 cm³/mol. The third kappa shape index (κ3) is 5.52. The Kier molecular flexibility index (Phi) is 7.63. The topological polar surface area (TPSA) is 54.0 Å². The van der Waals surface area contributed by atoms with Crippen molar-refractivity contribution in [1.29, 1.82) is 0 Å². The van der Waals surface area contributed by atoms with Gasteiger partial charge < -0.3 is 19.1 Å². The Morgan fingerprint density at radius 3 is 2.31 bits per heavy atom. The maximum Gasteiger partial charge on any atom is 0.288 e. The molecule has 0 spiro atoms. The van der Waals surface area contributed by atoms with Crippen molar-refractivity contribution in [3.63, 3.8) is 0 Å². The molecule has 0 saturated carbocycles. The highest BCUT2D eigenvalue weighted by atomic mass is 32.5. The van der Waals surface area contributed by atoms with E-state index in [2.05, 4.69) is 5.09 Å². The van der Waals surface area contributed by atoms with E-state index in [9.17, 15) is 5.11 Å². The van der Waals surface area contributed by atoms with Crippen LogP contribution in [-0.4, -0.2) is 48.5 Å². The first-order chi connectivity index (χ1) is 7.38. The number of thiocarbonyl (C=S) groups is 1. The molecule has 0 aromatic carbocycles. The van der Waals surface area contributed by atoms with Gasteiger partial charge in [-0.3, -0.25) is 5.09 Å². The Balaban J connectivity index is 4.47. The molecule has 0 rings (SSSR count). The zero-order valence-electron chi connectivity index (χ0n) is 9.97. The fourth-order valence-corrected chi connectivity index (χ4v) is 2.73. The molecule has 0 fully saturated rings. The highest BCUT2D eigenvalue weighted by Crippen LogP contribution is 2.41. The minimum atomic E-state index is -2.53. The van der Waals surface area contributed by atoms with Crippen LogP contribution in [0.4, 0.5) is 0 Å². The van der Waals surface area contributed by atoms with Crippen molar-refractivity contribution in [2.45, 2.75) is 20.0 Å². The first-order valence-electron chi connectivity index (χ1n) is 4.85. The van der Waals surface area contributed by atoms with Gasteiger partial charge in [0.15, 0.2) is 5.11 Å². The van der Waals surface area contributed by atoms with E-state index in [0.717, 1.165) is 0 Å². The number of nitrogens with one attached hydrogen (secondary N) is 1. The SMILES string of the molecule is CCN(CC(C)O)C(=S)NP(=S)(OC)OC. The van der Waals surface area contributed by atoms with Crippen molar-refractivity contribution in [2.24, 2.45) is 0 Å². The summed E-state index contributed by atoms with van der Waals surface area (Å²) in [6.45, 7) is 2.25. The summed E-state index contributed by atoms with van der Waals surface area (Å²) in [4.78, 5) is 1.80. The lowest BCUT2D eigenvalue weighted by atomic mass is 10.4. The third-order valence-electron chi connectivity index (χ3n) is 1.87. The van der Waals surface area contributed by atoms with E-state index in [0.29, 0.717) is 18.2 Å². The summed E-state index contributed by atoms with van der Waals surface area (Å²) >= 11 is 10.3. The Morgan fingerprint density at radius 1 is 1.50 bits per heavy atom. The van der Waals surface area contributed by atoms with Gasteiger partial charge in [0.05, 0.1) is 6.10 Å². The highest BCUT2D eigenvalue weighted by Gasteiger charge is 2.20. The van der Waals surface area contributed by atoms with Crippen LogP contribution < -0.4 is 5.09 Å². The van der Waals surface area contributed by atoms with E-state index in [1.807, 2.05) is 6.92 Å². The molecule has 0 amide bonds. The molecule has 2 N–H and O–H groups in total. The number of likely N-dealkylation sites (N-methyl/N-ethyl adjacent to an activating group) is 1. The molecule has 96 valence electrons. The predicted octanol–water partition coefficient (Wildman–Crippen LogP) is 1.08. The molecule has 16 heavy (non-hydrogen) atoms. The van der Waals surface area contributed by atoms with Crippen molar-refractivity contribution >= 4 is 35.8 Å². The Bertz CT molecular complexity index is 268. The Hall–Kier alpha value is 0.220. The molecular formula is C8H19N2O3PS2. The molecule has 1 unspecified atom stereocenters. The van der Waals surface area contributed by atoms with Gasteiger partial charge in [-0.25, -0.2) is 0 Å². The fourth-order valence-electron chi connectivity index (χ4n) is 1.03. The second-order valence-electron chi connectivity index (χ2n) is 3.17. The van der Waals surface area contributed by atoms with E-state index < -0.39 is 12.7 Å². The normalized spacial score (nSPS) is 13.3. The van der Waals surface area contributed by atoms with Crippen molar-refractivity contribution in [2.75, 3.05) is 27.3 Å². The summed E-state index contributed by atoms with van der Waals surface area (Å²) < 4.78 is 10.1. The molecule has 0 saturated heterocycles. The first kappa shape index (κ1) is 16.2. The van der Waals surface area contributed by atoms with E-state index in [1.165, 1.54) is 14.2 Å². The van der Waals surface area contributed by atoms with Crippen LogP contribution in [0.15, 0.2) is 0 Å². The molecule has 0 aromatic heterocycles. The molecule has 0 aromatic rings. The van der Waals surface area contributed by atoms with Gasteiger partial charge in [-0.2, -0.15) is 0 Å². The Labute approximate surface area is 107 Å². The standard InChI is InChI=1S/C8H19N2O3PS2/c1-5-10(6-7(2)11)8(15)9-14(16,12-3)13-4/h7,11H,5-6H2,1-4H3,(H,9,15,16). The fraction of sp³-hybridized carbons (Fsp3) is 0.875. The number of rotatable bonds is 6. The smallest absolute Gasteiger partial charge is 0.288 e. The van der Waals surface area contributed by atoms with Crippen LogP contribution in [0, 0.1) is 0 Å². The van der Waals surface area contributed by atoms with Crippen LogP contribution in [0.25, 0.3) is 0 Å². The molecule has 0 bridgehead atoms. The second-order valence-corrected chi connectivity index (χ2v) is 6.94.